The molecule has 0 aromatic rings. The van der Waals surface area contributed by atoms with E-state index in [0.717, 1.165) is 12.8 Å². The van der Waals surface area contributed by atoms with Crippen LogP contribution in [0.15, 0.2) is 0 Å². The van der Waals surface area contributed by atoms with Crippen LogP contribution in [0.3, 0.4) is 0 Å². The summed E-state index contributed by atoms with van der Waals surface area (Å²) in [5.74, 6) is 0. The molecule has 0 N–H and O–H groups in total. The lowest BCUT2D eigenvalue weighted by Gasteiger charge is -2.28. The lowest BCUT2D eigenvalue weighted by atomic mass is 10.2. The van der Waals surface area contributed by atoms with E-state index in [1.165, 1.54) is 12.8 Å². The lowest BCUT2D eigenvalue weighted by Crippen LogP contribution is -2.20. The third kappa shape index (κ3) is 2.79. The number of rotatable bonds is 0. The quantitative estimate of drug-likeness (QED) is 0.495. The number of hydrogen-bond acceptors (Lipinski definition) is 3. The van der Waals surface area contributed by atoms with Gasteiger partial charge in [0.25, 0.3) is 0 Å². The van der Waals surface area contributed by atoms with Crippen molar-refractivity contribution < 1.29 is 4.84 Å². The maximum absolute atomic E-state index is 10.5. The van der Waals surface area contributed by atoms with Crippen LogP contribution < -0.4 is 0 Å². The summed E-state index contributed by atoms with van der Waals surface area (Å²) in [4.78, 5) is 4.76. The summed E-state index contributed by atoms with van der Waals surface area (Å²) in [6.07, 6.45) is 4.37. The zero-order valence-electron chi connectivity index (χ0n) is 5.51. The van der Waals surface area contributed by atoms with Gasteiger partial charge in [0.15, 0.2) is 0 Å². The molecule has 0 aromatic carbocycles. The highest BCUT2D eigenvalue weighted by Gasteiger charge is 1.97. The molecule has 0 amide bonds. The van der Waals surface area contributed by atoms with Gasteiger partial charge in [-0.05, 0) is 12.8 Å². The van der Waals surface area contributed by atoms with Crippen molar-refractivity contribution in [3.8, 4) is 0 Å². The van der Waals surface area contributed by atoms with E-state index in [4.69, 9.17) is 4.84 Å². The van der Waals surface area contributed by atoms with Crippen molar-refractivity contribution in [2.24, 2.45) is 0 Å². The average Bonchev–Trinajstić information content (AvgIpc) is 1.79. The van der Waals surface area contributed by atoms with Gasteiger partial charge in [-0.1, -0.05) is 12.8 Å². The molecule has 1 rings (SSSR count). The Bertz CT molecular complexity index is 69.5. The Balaban J connectivity index is 2.12. The predicted octanol–water partition coefficient (Wildman–Crippen LogP) is 1.29. The molecule has 0 unspecified atom stereocenters. The van der Waals surface area contributed by atoms with E-state index in [0.29, 0.717) is 18.4 Å². The Morgan fingerprint density at radius 1 is 1.11 bits per heavy atom. The summed E-state index contributed by atoms with van der Waals surface area (Å²) >= 11 is 0. The van der Waals surface area contributed by atoms with Crippen molar-refractivity contribution in [1.29, 1.82) is 0 Å². The van der Waals surface area contributed by atoms with E-state index in [1.54, 1.807) is 0 Å². The molecule has 1 fully saturated rings. The van der Waals surface area contributed by atoms with Gasteiger partial charge < -0.3 is 10.0 Å². The largest absolute Gasteiger partial charge is 0.762 e. The molecule has 0 radical (unpaired) electrons. The average molecular weight is 130 g/mol. The third-order valence-corrected chi connectivity index (χ3v) is 1.47. The Morgan fingerprint density at radius 3 is 2.78 bits per heavy atom. The Kier molecular flexibility index (Phi) is 2.97. The number of nitrogens with zero attached hydrogens (tertiary/aromatic N) is 1. The van der Waals surface area contributed by atoms with Crippen LogP contribution in [-0.2, 0) is 4.84 Å². The van der Waals surface area contributed by atoms with Gasteiger partial charge in [-0.3, -0.25) is 5.23 Å². The van der Waals surface area contributed by atoms with Crippen molar-refractivity contribution in [3.05, 3.63) is 5.21 Å². The van der Waals surface area contributed by atoms with Crippen LogP contribution in [0, 0.1) is 5.21 Å². The van der Waals surface area contributed by atoms with Gasteiger partial charge in [0.1, 0.15) is 0 Å². The summed E-state index contributed by atoms with van der Waals surface area (Å²) in [7, 11) is 0. The maximum atomic E-state index is 10.5. The summed E-state index contributed by atoms with van der Waals surface area (Å²) < 4.78 is 0. The minimum atomic E-state index is 0.542. The van der Waals surface area contributed by atoms with Gasteiger partial charge in [0, 0.05) is 6.54 Å². The van der Waals surface area contributed by atoms with Crippen molar-refractivity contribution in [2.45, 2.75) is 25.7 Å². The molecular formula is C6H12NO2-. The summed E-state index contributed by atoms with van der Waals surface area (Å²) in [5.41, 5.74) is 0. The standard InChI is InChI=1S/C6H12NO2/c8-7-5-3-1-2-4-6-9-7/h1-6H2/q-1. The monoisotopic (exact) mass is 130 g/mol. The maximum Gasteiger partial charge on any atom is 0.0673 e. The second-order valence-electron chi connectivity index (χ2n) is 2.30. The zero-order chi connectivity index (χ0) is 6.53. The summed E-state index contributed by atoms with van der Waals surface area (Å²) in [6.45, 7) is 1.14. The van der Waals surface area contributed by atoms with E-state index < -0.39 is 0 Å². The predicted molar refractivity (Wildman–Crippen MR) is 34.5 cm³/mol. The van der Waals surface area contributed by atoms with Crippen molar-refractivity contribution in [1.82, 2.24) is 5.23 Å². The van der Waals surface area contributed by atoms with Gasteiger partial charge in [-0.15, -0.1) is 0 Å². The van der Waals surface area contributed by atoms with E-state index in [1.807, 2.05) is 0 Å². The highest BCUT2D eigenvalue weighted by atomic mass is 16.9. The normalized spacial score (nSPS) is 25.0. The smallest absolute Gasteiger partial charge is 0.0673 e. The minimum Gasteiger partial charge on any atom is -0.762 e. The first kappa shape index (κ1) is 6.99. The lowest BCUT2D eigenvalue weighted by molar-refractivity contribution is -0.126. The van der Waals surface area contributed by atoms with Crippen LogP contribution in [-0.4, -0.2) is 18.4 Å². The molecule has 1 aliphatic rings. The Hall–Kier alpha value is -0.120. The van der Waals surface area contributed by atoms with Crippen LogP contribution in [0.1, 0.15) is 25.7 Å². The minimum absolute atomic E-state index is 0.542. The molecule has 0 aliphatic carbocycles. The van der Waals surface area contributed by atoms with Crippen LogP contribution in [0.2, 0.25) is 0 Å². The van der Waals surface area contributed by atoms with Gasteiger partial charge in [0.05, 0.1) is 6.61 Å². The van der Waals surface area contributed by atoms with E-state index >= 15 is 0 Å². The molecule has 0 aromatic heterocycles. The number of hydrogen-bond donors (Lipinski definition) is 0. The molecule has 1 heterocycles. The topological polar surface area (TPSA) is 35.5 Å². The fourth-order valence-electron chi connectivity index (χ4n) is 0.927. The van der Waals surface area contributed by atoms with E-state index in [9.17, 15) is 5.21 Å². The molecule has 3 nitrogen and oxygen atoms in total. The van der Waals surface area contributed by atoms with Crippen molar-refractivity contribution in [2.75, 3.05) is 13.2 Å². The molecule has 1 saturated heterocycles. The SMILES string of the molecule is [O-]N1CCCCCCO1. The first-order chi connectivity index (χ1) is 4.39. The second kappa shape index (κ2) is 3.82. The van der Waals surface area contributed by atoms with Gasteiger partial charge in [0.2, 0.25) is 0 Å². The first-order valence-corrected chi connectivity index (χ1v) is 3.47. The molecule has 3 heteroatoms. The fourth-order valence-corrected chi connectivity index (χ4v) is 0.927. The van der Waals surface area contributed by atoms with Crippen LogP contribution in [0.5, 0.6) is 0 Å². The molecule has 9 heavy (non-hydrogen) atoms. The molecule has 0 atom stereocenters. The molecular weight excluding hydrogens is 118 g/mol. The molecule has 0 spiro atoms. The van der Waals surface area contributed by atoms with Gasteiger partial charge in [-0.2, -0.15) is 0 Å². The first-order valence-electron chi connectivity index (χ1n) is 3.47. The molecule has 54 valence electrons. The van der Waals surface area contributed by atoms with Crippen LogP contribution >= 0.6 is 0 Å². The fraction of sp³-hybridized carbons (Fsp3) is 1.00. The van der Waals surface area contributed by atoms with Crippen molar-refractivity contribution in [3.63, 3.8) is 0 Å². The molecule has 0 saturated carbocycles. The van der Waals surface area contributed by atoms with E-state index in [-0.39, 0.29) is 0 Å². The summed E-state index contributed by atoms with van der Waals surface area (Å²) in [5, 5.41) is 11.2. The van der Waals surface area contributed by atoms with Gasteiger partial charge in [-0.25, -0.2) is 0 Å². The third-order valence-electron chi connectivity index (χ3n) is 1.47. The number of hydroxylamine groups is 2. The van der Waals surface area contributed by atoms with Crippen LogP contribution in [0.4, 0.5) is 0 Å². The zero-order valence-corrected chi connectivity index (χ0v) is 5.51. The Labute approximate surface area is 55.1 Å². The molecule has 1 aliphatic heterocycles. The summed E-state index contributed by atoms with van der Waals surface area (Å²) in [6, 6.07) is 0. The van der Waals surface area contributed by atoms with Gasteiger partial charge >= 0.3 is 0 Å². The Morgan fingerprint density at radius 2 is 1.89 bits per heavy atom. The van der Waals surface area contributed by atoms with Crippen LogP contribution in [0.25, 0.3) is 0 Å². The molecule has 0 bridgehead atoms. The highest BCUT2D eigenvalue weighted by molar-refractivity contribution is 4.51. The highest BCUT2D eigenvalue weighted by Crippen LogP contribution is 2.06. The van der Waals surface area contributed by atoms with Crippen molar-refractivity contribution >= 4 is 0 Å². The second-order valence-corrected chi connectivity index (χ2v) is 2.30. The van der Waals surface area contributed by atoms with E-state index in [2.05, 4.69) is 0 Å².